The van der Waals surface area contributed by atoms with Crippen LogP contribution in [0.5, 0.6) is 11.5 Å². The van der Waals surface area contributed by atoms with Gasteiger partial charge in [0.25, 0.3) is 11.5 Å². The van der Waals surface area contributed by atoms with Gasteiger partial charge in [-0.15, -0.1) is 0 Å². The molecule has 10 nitrogen and oxygen atoms in total. The van der Waals surface area contributed by atoms with Gasteiger partial charge in [-0.2, -0.15) is 0 Å². The summed E-state index contributed by atoms with van der Waals surface area (Å²) in [5, 5.41) is 0. The minimum atomic E-state index is -0.696. The number of benzene rings is 2. The van der Waals surface area contributed by atoms with Crippen molar-refractivity contribution in [2.24, 2.45) is 4.99 Å². The number of allylic oxidation sites excluding steroid dienone is 1. The number of morpholine rings is 1. The third-order valence-corrected chi connectivity index (χ3v) is 7.91. The number of fused-ring (bicyclic) bond motifs is 1. The Kier molecular flexibility index (Phi) is 9.19. The Morgan fingerprint density at radius 1 is 1.00 bits per heavy atom. The number of hydrogen-bond acceptors (Lipinski definition) is 9. The number of ether oxygens (including phenoxy) is 4. The molecule has 220 valence electrons. The first-order valence-electron chi connectivity index (χ1n) is 13.9. The summed E-state index contributed by atoms with van der Waals surface area (Å²) in [6, 6.07) is 13.8. The second-order valence-electron chi connectivity index (χ2n) is 9.66. The third kappa shape index (κ3) is 6.32. The van der Waals surface area contributed by atoms with Crippen LogP contribution < -0.4 is 24.4 Å². The van der Waals surface area contributed by atoms with Gasteiger partial charge >= 0.3 is 5.97 Å². The molecule has 42 heavy (non-hydrogen) atoms. The highest BCUT2D eigenvalue weighted by Crippen LogP contribution is 2.31. The number of rotatable bonds is 9. The first-order valence-corrected chi connectivity index (χ1v) is 14.7. The third-order valence-electron chi connectivity index (χ3n) is 6.93. The average Bonchev–Trinajstić information content (AvgIpc) is 3.30. The molecule has 1 fully saturated rings. The van der Waals surface area contributed by atoms with Gasteiger partial charge in [0.1, 0.15) is 11.5 Å². The van der Waals surface area contributed by atoms with Gasteiger partial charge in [-0.25, -0.2) is 9.79 Å². The summed E-state index contributed by atoms with van der Waals surface area (Å²) in [5.74, 6) is 0.669. The fourth-order valence-corrected chi connectivity index (χ4v) is 5.93. The van der Waals surface area contributed by atoms with E-state index < -0.39 is 12.0 Å². The Balaban J connectivity index is 1.43. The highest BCUT2D eigenvalue weighted by atomic mass is 32.1. The van der Waals surface area contributed by atoms with Crippen LogP contribution in [-0.2, 0) is 19.1 Å². The molecule has 3 aromatic rings. The Morgan fingerprint density at radius 2 is 1.67 bits per heavy atom. The zero-order chi connectivity index (χ0) is 29.6. The zero-order valence-corrected chi connectivity index (χ0v) is 24.6. The van der Waals surface area contributed by atoms with Crippen molar-refractivity contribution in [3.05, 3.63) is 90.6 Å². The number of esters is 1. The van der Waals surface area contributed by atoms with E-state index in [-0.39, 0.29) is 24.7 Å². The molecule has 2 aliphatic heterocycles. The van der Waals surface area contributed by atoms with E-state index in [4.69, 9.17) is 18.9 Å². The van der Waals surface area contributed by atoms with Crippen molar-refractivity contribution in [2.45, 2.75) is 26.8 Å². The van der Waals surface area contributed by atoms with E-state index in [1.807, 2.05) is 43.3 Å². The van der Waals surface area contributed by atoms with Crippen molar-refractivity contribution >= 4 is 29.3 Å². The topological polar surface area (TPSA) is 109 Å². The maximum absolute atomic E-state index is 13.8. The van der Waals surface area contributed by atoms with E-state index in [0.29, 0.717) is 65.0 Å². The molecule has 0 saturated carbocycles. The molecule has 0 unspecified atom stereocenters. The first-order chi connectivity index (χ1) is 20.4. The molecule has 5 rings (SSSR count). The van der Waals surface area contributed by atoms with E-state index in [0.717, 1.165) is 11.1 Å². The van der Waals surface area contributed by atoms with Crippen LogP contribution in [0.4, 0.5) is 0 Å². The van der Waals surface area contributed by atoms with Gasteiger partial charge in [0.2, 0.25) is 0 Å². The van der Waals surface area contributed by atoms with Gasteiger partial charge in [0.15, 0.2) is 11.4 Å². The van der Waals surface area contributed by atoms with E-state index in [9.17, 15) is 14.4 Å². The lowest BCUT2D eigenvalue weighted by Crippen LogP contribution is -2.42. The molecule has 0 aliphatic carbocycles. The maximum atomic E-state index is 13.8. The van der Waals surface area contributed by atoms with E-state index >= 15 is 0 Å². The fourth-order valence-electron chi connectivity index (χ4n) is 4.88. The minimum absolute atomic E-state index is 0.0500. The van der Waals surface area contributed by atoms with Crippen molar-refractivity contribution in [1.82, 2.24) is 9.47 Å². The molecule has 3 heterocycles. The molecule has 2 aromatic carbocycles. The predicted molar refractivity (Wildman–Crippen MR) is 157 cm³/mol. The predicted octanol–water partition coefficient (Wildman–Crippen LogP) is 2.43. The standard InChI is InChI=1S/C31H33N3O7S/c1-4-39-23-12-8-22(9-13-23)28-27(30(37)40-5-2)20(3)32-31-34(28)29(36)25(42-31)18-21-6-10-24(11-7-21)41-19-26(35)33-14-16-38-17-15-33/h6-13,18,28H,4-5,14-17,19H2,1-3H3/b25-18+/t28-/m1/s1. The lowest BCUT2D eigenvalue weighted by molar-refractivity contribution is -0.139. The van der Waals surface area contributed by atoms with E-state index in [1.165, 1.54) is 11.3 Å². The minimum Gasteiger partial charge on any atom is -0.494 e. The number of carbonyl (C=O) groups is 2. The monoisotopic (exact) mass is 591 g/mol. The number of nitrogens with zero attached hydrogens (tertiary/aromatic N) is 3. The molecule has 0 radical (unpaired) electrons. The molecule has 2 aliphatic rings. The normalized spacial score (nSPS) is 17.0. The van der Waals surface area contributed by atoms with Gasteiger partial charge in [-0.3, -0.25) is 14.2 Å². The Morgan fingerprint density at radius 3 is 2.33 bits per heavy atom. The number of thiazole rings is 1. The quantitative estimate of drug-likeness (QED) is 0.352. The largest absolute Gasteiger partial charge is 0.494 e. The van der Waals surface area contributed by atoms with Crippen molar-refractivity contribution in [3.8, 4) is 11.5 Å². The molecular formula is C31H33N3O7S. The Labute approximate surface area is 247 Å². The highest BCUT2D eigenvalue weighted by molar-refractivity contribution is 7.07. The molecule has 0 bridgehead atoms. The van der Waals surface area contributed by atoms with Crippen LogP contribution in [0.3, 0.4) is 0 Å². The lowest BCUT2D eigenvalue weighted by Gasteiger charge is -2.26. The van der Waals surface area contributed by atoms with Crippen LogP contribution in [0.2, 0.25) is 0 Å². The van der Waals surface area contributed by atoms with Crippen LogP contribution in [0, 0.1) is 0 Å². The lowest BCUT2D eigenvalue weighted by atomic mass is 9.96. The molecule has 0 spiro atoms. The summed E-state index contributed by atoms with van der Waals surface area (Å²) in [7, 11) is 0. The number of amides is 1. The number of carbonyl (C=O) groups excluding carboxylic acids is 2. The highest BCUT2D eigenvalue weighted by Gasteiger charge is 2.33. The molecule has 0 N–H and O–H groups in total. The van der Waals surface area contributed by atoms with Gasteiger partial charge in [0.05, 0.1) is 48.3 Å². The summed E-state index contributed by atoms with van der Waals surface area (Å²) < 4.78 is 23.9. The van der Waals surface area contributed by atoms with Crippen molar-refractivity contribution in [2.75, 3.05) is 46.1 Å². The van der Waals surface area contributed by atoms with Gasteiger partial charge < -0.3 is 23.8 Å². The van der Waals surface area contributed by atoms with Crippen LogP contribution in [-0.4, -0.2) is 67.5 Å². The van der Waals surface area contributed by atoms with Crippen LogP contribution in [0.1, 0.15) is 37.9 Å². The first kappa shape index (κ1) is 29.3. The summed E-state index contributed by atoms with van der Waals surface area (Å²) in [4.78, 5) is 46.1. The molecule has 1 amide bonds. The Bertz CT molecular complexity index is 1650. The van der Waals surface area contributed by atoms with Crippen LogP contribution >= 0.6 is 11.3 Å². The SMILES string of the molecule is CCOC(=O)C1=C(C)N=c2s/c(=C/c3ccc(OCC(=O)N4CCOCC4)cc3)c(=O)n2[C@@H]1c1ccc(OCC)cc1. The fraction of sp³-hybridized carbons (Fsp3) is 0.355. The smallest absolute Gasteiger partial charge is 0.338 e. The molecule has 1 atom stereocenters. The number of aromatic nitrogens is 1. The van der Waals surface area contributed by atoms with Crippen LogP contribution in [0.25, 0.3) is 6.08 Å². The van der Waals surface area contributed by atoms with E-state index in [1.54, 1.807) is 41.5 Å². The van der Waals surface area contributed by atoms with Crippen molar-refractivity contribution in [3.63, 3.8) is 0 Å². The summed E-state index contributed by atoms with van der Waals surface area (Å²) in [5.41, 5.74) is 2.10. The molecular weight excluding hydrogens is 558 g/mol. The summed E-state index contributed by atoms with van der Waals surface area (Å²) >= 11 is 1.26. The van der Waals surface area contributed by atoms with Gasteiger partial charge in [-0.1, -0.05) is 35.6 Å². The zero-order valence-electron chi connectivity index (χ0n) is 23.8. The summed E-state index contributed by atoms with van der Waals surface area (Å²) in [6.07, 6.45) is 1.78. The molecule has 1 saturated heterocycles. The summed E-state index contributed by atoms with van der Waals surface area (Å²) in [6.45, 7) is 8.31. The van der Waals surface area contributed by atoms with Crippen molar-refractivity contribution < 1.29 is 28.5 Å². The molecule has 1 aromatic heterocycles. The van der Waals surface area contributed by atoms with E-state index in [2.05, 4.69) is 4.99 Å². The van der Waals surface area contributed by atoms with Gasteiger partial charge in [-0.05, 0) is 62.2 Å². The average molecular weight is 592 g/mol. The van der Waals surface area contributed by atoms with Crippen molar-refractivity contribution in [1.29, 1.82) is 0 Å². The second-order valence-corrected chi connectivity index (χ2v) is 10.7. The van der Waals surface area contributed by atoms with Gasteiger partial charge in [0, 0.05) is 13.1 Å². The maximum Gasteiger partial charge on any atom is 0.338 e. The number of hydrogen-bond donors (Lipinski definition) is 0. The Hall–Kier alpha value is -4.22. The molecule has 11 heteroatoms. The van der Waals surface area contributed by atoms with Crippen LogP contribution in [0.15, 0.2) is 69.6 Å². The second kappa shape index (κ2) is 13.2.